The maximum absolute atomic E-state index is 12.4. The molecular formula is C14H14ClF3N2O3S2. The molecule has 0 amide bonds. The van der Waals surface area contributed by atoms with Gasteiger partial charge in [0.15, 0.2) is 5.13 Å². The molecule has 0 saturated carbocycles. The Hall–Kier alpha value is -1.36. The molecule has 1 N–H and O–H groups in total. The van der Waals surface area contributed by atoms with Gasteiger partial charge in [0, 0.05) is 22.5 Å². The summed E-state index contributed by atoms with van der Waals surface area (Å²) in [4.78, 5) is 4.56. The zero-order valence-electron chi connectivity index (χ0n) is 12.9. The second-order valence-corrected chi connectivity index (χ2v) is 8.19. The Kier molecular flexibility index (Phi) is 6.30. The third-order valence-corrected chi connectivity index (χ3v) is 6.04. The molecule has 1 aromatic carbocycles. The number of hydrogen-bond donors (Lipinski definition) is 1. The summed E-state index contributed by atoms with van der Waals surface area (Å²) in [6.07, 6.45) is -2.78. The molecule has 5 nitrogen and oxygen atoms in total. The Morgan fingerprint density at radius 3 is 2.76 bits per heavy atom. The van der Waals surface area contributed by atoms with Crippen molar-refractivity contribution in [1.82, 2.24) is 4.98 Å². The molecule has 0 aliphatic rings. The van der Waals surface area contributed by atoms with E-state index in [1.165, 1.54) is 18.3 Å². The van der Waals surface area contributed by atoms with Crippen molar-refractivity contribution in [1.29, 1.82) is 0 Å². The van der Waals surface area contributed by atoms with Crippen LogP contribution in [0.4, 0.5) is 18.3 Å². The van der Waals surface area contributed by atoms with Crippen molar-refractivity contribution in [2.45, 2.75) is 24.4 Å². The zero-order chi connectivity index (χ0) is 18.7. The first-order valence-electron chi connectivity index (χ1n) is 6.95. The lowest BCUT2D eigenvalue weighted by molar-refractivity contribution is -0.173. The fraction of sp³-hybridized carbons (Fsp3) is 0.357. The van der Waals surface area contributed by atoms with Crippen molar-refractivity contribution < 1.29 is 26.3 Å². The van der Waals surface area contributed by atoms with E-state index in [2.05, 4.69) is 14.4 Å². The van der Waals surface area contributed by atoms with Crippen molar-refractivity contribution in [3.05, 3.63) is 39.9 Å². The van der Waals surface area contributed by atoms with E-state index >= 15 is 0 Å². The van der Waals surface area contributed by atoms with Crippen LogP contribution in [0.25, 0.3) is 0 Å². The molecule has 0 radical (unpaired) electrons. The molecule has 1 heterocycles. The number of benzene rings is 1. The van der Waals surface area contributed by atoms with Crippen molar-refractivity contribution >= 4 is 38.1 Å². The number of thiazole rings is 1. The molecule has 2 rings (SSSR count). The average molecular weight is 415 g/mol. The SMILES string of the molecule is Cc1c(Cl)cccc1S(=O)(=O)Nc1ncc(CCOCC(F)(F)F)s1. The van der Waals surface area contributed by atoms with Gasteiger partial charge in [-0.05, 0) is 24.6 Å². The van der Waals surface area contributed by atoms with Gasteiger partial charge in [0.2, 0.25) is 0 Å². The number of aromatic nitrogens is 1. The molecule has 1 aromatic heterocycles. The van der Waals surface area contributed by atoms with Crippen molar-refractivity contribution in [3.63, 3.8) is 0 Å². The minimum atomic E-state index is -4.37. The summed E-state index contributed by atoms with van der Waals surface area (Å²) in [5.41, 5.74) is 0.411. The molecule has 138 valence electrons. The van der Waals surface area contributed by atoms with E-state index in [1.807, 2.05) is 0 Å². The summed E-state index contributed by atoms with van der Waals surface area (Å²) in [5, 5.41) is 0.440. The molecule has 0 unspecified atom stereocenters. The van der Waals surface area contributed by atoms with Gasteiger partial charge in [-0.15, -0.1) is 11.3 Å². The van der Waals surface area contributed by atoms with Crippen LogP contribution < -0.4 is 4.72 Å². The Morgan fingerprint density at radius 2 is 2.08 bits per heavy atom. The summed E-state index contributed by atoms with van der Waals surface area (Å²) >= 11 is 6.96. The van der Waals surface area contributed by atoms with Crippen LogP contribution >= 0.6 is 22.9 Å². The molecule has 2 aromatic rings. The maximum atomic E-state index is 12.4. The first-order chi connectivity index (χ1) is 11.6. The number of alkyl halides is 3. The van der Waals surface area contributed by atoms with Crippen molar-refractivity contribution in [3.8, 4) is 0 Å². The molecule has 11 heteroatoms. The van der Waals surface area contributed by atoms with Crippen LogP contribution in [0.3, 0.4) is 0 Å². The number of halogens is 4. The average Bonchev–Trinajstić information content (AvgIpc) is 2.92. The quantitative estimate of drug-likeness (QED) is 0.694. The zero-order valence-corrected chi connectivity index (χ0v) is 15.3. The fourth-order valence-electron chi connectivity index (χ4n) is 1.88. The van der Waals surface area contributed by atoms with E-state index in [-0.39, 0.29) is 23.1 Å². The Labute approximate surface area is 151 Å². The van der Waals surface area contributed by atoms with Gasteiger partial charge in [-0.3, -0.25) is 4.72 Å². The molecule has 25 heavy (non-hydrogen) atoms. The first kappa shape index (κ1) is 20.0. The van der Waals surface area contributed by atoms with E-state index in [0.717, 1.165) is 11.3 Å². The highest BCUT2D eigenvalue weighted by atomic mass is 35.5. The minimum Gasteiger partial charge on any atom is -0.372 e. The van der Waals surface area contributed by atoms with Crippen LogP contribution in [-0.2, 0) is 21.2 Å². The number of rotatable bonds is 7. The monoisotopic (exact) mass is 414 g/mol. The van der Waals surface area contributed by atoms with Crippen molar-refractivity contribution in [2.75, 3.05) is 17.9 Å². The van der Waals surface area contributed by atoms with Gasteiger partial charge in [0.05, 0.1) is 11.5 Å². The highest BCUT2D eigenvalue weighted by molar-refractivity contribution is 7.93. The number of ether oxygens (including phenoxy) is 1. The van der Waals surface area contributed by atoms with E-state index in [0.29, 0.717) is 15.5 Å². The van der Waals surface area contributed by atoms with Crippen LogP contribution in [0.1, 0.15) is 10.4 Å². The predicted octanol–water partition coefficient (Wildman–Crippen LogP) is 4.03. The van der Waals surface area contributed by atoms with E-state index < -0.39 is 22.8 Å². The molecule has 0 aliphatic carbocycles. The number of nitrogens with one attached hydrogen (secondary N) is 1. The topological polar surface area (TPSA) is 68.3 Å². The summed E-state index contributed by atoms with van der Waals surface area (Å²) in [7, 11) is -3.86. The van der Waals surface area contributed by atoms with Gasteiger partial charge >= 0.3 is 6.18 Å². The Bertz CT molecular complexity index is 838. The van der Waals surface area contributed by atoms with Gasteiger partial charge in [0.25, 0.3) is 10.0 Å². The molecule has 0 aliphatic heterocycles. The smallest absolute Gasteiger partial charge is 0.372 e. The Balaban J connectivity index is 1.99. The van der Waals surface area contributed by atoms with Gasteiger partial charge in [-0.2, -0.15) is 13.2 Å². The molecule has 0 fully saturated rings. The van der Waals surface area contributed by atoms with Gasteiger partial charge in [-0.1, -0.05) is 17.7 Å². The predicted molar refractivity (Wildman–Crippen MR) is 89.7 cm³/mol. The number of sulfonamides is 1. The maximum Gasteiger partial charge on any atom is 0.411 e. The summed E-state index contributed by atoms with van der Waals surface area (Å²) < 4.78 is 67.6. The summed E-state index contributed by atoms with van der Waals surface area (Å²) in [6, 6.07) is 4.52. The lowest BCUT2D eigenvalue weighted by Crippen LogP contribution is -2.17. The lowest BCUT2D eigenvalue weighted by Gasteiger charge is -2.09. The van der Waals surface area contributed by atoms with Crippen LogP contribution in [-0.4, -0.2) is 32.8 Å². The summed E-state index contributed by atoms with van der Waals surface area (Å²) in [5.74, 6) is 0. The molecule has 0 spiro atoms. The van der Waals surface area contributed by atoms with Gasteiger partial charge < -0.3 is 4.74 Å². The number of hydrogen-bond acceptors (Lipinski definition) is 5. The van der Waals surface area contributed by atoms with Crippen LogP contribution in [0.5, 0.6) is 0 Å². The third-order valence-electron chi connectivity index (χ3n) is 3.04. The Morgan fingerprint density at radius 1 is 1.36 bits per heavy atom. The second-order valence-electron chi connectivity index (χ2n) is 5.02. The normalized spacial score (nSPS) is 12.4. The first-order valence-corrected chi connectivity index (χ1v) is 9.63. The van der Waals surface area contributed by atoms with Gasteiger partial charge in [0.1, 0.15) is 6.61 Å². The third kappa shape index (κ3) is 5.84. The largest absolute Gasteiger partial charge is 0.411 e. The molecular weight excluding hydrogens is 401 g/mol. The highest BCUT2D eigenvalue weighted by Gasteiger charge is 2.27. The van der Waals surface area contributed by atoms with Crippen molar-refractivity contribution in [2.24, 2.45) is 0 Å². The molecule has 0 atom stereocenters. The van der Waals surface area contributed by atoms with E-state index in [4.69, 9.17) is 11.6 Å². The number of nitrogens with zero attached hydrogens (tertiary/aromatic N) is 1. The summed E-state index contributed by atoms with van der Waals surface area (Å²) in [6.45, 7) is 0.128. The standard InChI is InChI=1S/C14H14ClF3N2O3S2/c1-9-11(15)3-2-4-12(9)25(21,22)20-13-19-7-10(24-13)5-6-23-8-14(16,17)18/h2-4,7H,5-6,8H2,1H3,(H,19,20). The fourth-order valence-corrected chi connectivity index (χ4v) is 4.41. The minimum absolute atomic E-state index is 0.0326. The second kappa shape index (κ2) is 7.90. The van der Waals surface area contributed by atoms with Crippen LogP contribution in [0.2, 0.25) is 5.02 Å². The molecule has 0 bridgehead atoms. The van der Waals surface area contributed by atoms with Gasteiger partial charge in [-0.25, -0.2) is 13.4 Å². The lowest BCUT2D eigenvalue weighted by atomic mass is 10.2. The highest BCUT2D eigenvalue weighted by Crippen LogP contribution is 2.26. The number of anilines is 1. The van der Waals surface area contributed by atoms with E-state index in [1.54, 1.807) is 13.0 Å². The van der Waals surface area contributed by atoms with E-state index in [9.17, 15) is 21.6 Å². The van der Waals surface area contributed by atoms with Crippen LogP contribution in [0.15, 0.2) is 29.3 Å². The molecule has 0 saturated heterocycles. The van der Waals surface area contributed by atoms with Crippen LogP contribution in [0, 0.1) is 6.92 Å².